The Bertz CT molecular complexity index is 533. The number of carbonyl (C=O) groups is 1. The Morgan fingerprint density at radius 3 is 2.05 bits per heavy atom. The molecule has 0 spiro atoms. The SMILES string of the molecule is C/C(=N/N=C([O-])c1ccc(C(F)(F)F)cc1)C(=O)[O-]. The van der Waals surface area contributed by atoms with Crippen LogP contribution in [0.15, 0.2) is 34.5 Å². The minimum absolute atomic E-state index is 0.136. The van der Waals surface area contributed by atoms with Gasteiger partial charge >= 0.3 is 6.18 Å². The number of aliphatic carboxylic acids is 1. The Morgan fingerprint density at radius 2 is 1.63 bits per heavy atom. The maximum atomic E-state index is 12.3. The number of alkyl halides is 3. The van der Waals surface area contributed by atoms with Crippen molar-refractivity contribution in [1.29, 1.82) is 0 Å². The van der Waals surface area contributed by atoms with Crippen molar-refractivity contribution in [2.24, 2.45) is 10.2 Å². The van der Waals surface area contributed by atoms with Crippen molar-refractivity contribution in [3.05, 3.63) is 35.4 Å². The van der Waals surface area contributed by atoms with Crippen molar-refractivity contribution >= 4 is 17.6 Å². The summed E-state index contributed by atoms with van der Waals surface area (Å²) in [7, 11) is 0. The normalized spacial score (nSPS) is 13.5. The highest BCUT2D eigenvalue weighted by Gasteiger charge is 2.29. The highest BCUT2D eigenvalue weighted by Crippen LogP contribution is 2.28. The lowest BCUT2D eigenvalue weighted by atomic mass is 10.1. The summed E-state index contributed by atoms with van der Waals surface area (Å²) in [5, 5.41) is 27.8. The maximum Gasteiger partial charge on any atom is 0.416 e. The van der Waals surface area contributed by atoms with E-state index in [0.717, 1.165) is 31.2 Å². The van der Waals surface area contributed by atoms with Crippen molar-refractivity contribution in [2.45, 2.75) is 13.1 Å². The molecular formula is C11H7F3N2O3-2. The molecule has 0 bridgehead atoms. The largest absolute Gasteiger partial charge is 0.857 e. The maximum absolute atomic E-state index is 12.3. The van der Waals surface area contributed by atoms with Gasteiger partial charge in [0, 0.05) is 5.90 Å². The molecule has 102 valence electrons. The first kappa shape index (κ1) is 14.7. The summed E-state index contributed by atoms with van der Waals surface area (Å²) in [5.74, 6) is -2.54. The Balaban J connectivity index is 2.96. The third kappa shape index (κ3) is 4.09. The van der Waals surface area contributed by atoms with E-state index >= 15 is 0 Å². The fourth-order valence-electron chi connectivity index (χ4n) is 1.02. The second-order valence-corrected chi connectivity index (χ2v) is 3.45. The van der Waals surface area contributed by atoms with Gasteiger partial charge in [-0.2, -0.15) is 23.4 Å². The zero-order chi connectivity index (χ0) is 14.6. The molecule has 0 fully saturated rings. The Labute approximate surface area is 105 Å². The van der Waals surface area contributed by atoms with Gasteiger partial charge in [-0.25, -0.2) is 0 Å². The molecule has 0 amide bonds. The molecule has 1 rings (SSSR count). The number of rotatable bonds is 3. The van der Waals surface area contributed by atoms with Gasteiger partial charge in [0.1, 0.15) is 0 Å². The third-order valence-corrected chi connectivity index (χ3v) is 2.05. The predicted octanol–water partition coefficient (Wildman–Crippen LogP) is -0.0619. The number of benzene rings is 1. The van der Waals surface area contributed by atoms with E-state index in [-0.39, 0.29) is 5.56 Å². The summed E-state index contributed by atoms with van der Waals surface area (Å²) < 4.78 is 36.8. The number of hydrogen-bond acceptors (Lipinski definition) is 5. The van der Waals surface area contributed by atoms with Crippen molar-refractivity contribution in [1.82, 2.24) is 0 Å². The van der Waals surface area contributed by atoms with Crippen molar-refractivity contribution in [3.8, 4) is 0 Å². The molecular weight excluding hydrogens is 265 g/mol. The van der Waals surface area contributed by atoms with E-state index in [2.05, 4.69) is 10.2 Å². The molecule has 0 aromatic heterocycles. The molecule has 0 N–H and O–H groups in total. The molecule has 1 aromatic carbocycles. The van der Waals surface area contributed by atoms with Gasteiger partial charge in [0.15, 0.2) is 0 Å². The zero-order valence-electron chi connectivity index (χ0n) is 9.56. The van der Waals surface area contributed by atoms with Gasteiger partial charge in [0.25, 0.3) is 0 Å². The van der Waals surface area contributed by atoms with Crippen LogP contribution in [0.4, 0.5) is 13.2 Å². The minimum atomic E-state index is -4.50. The highest BCUT2D eigenvalue weighted by atomic mass is 19.4. The van der Waals surface area contributed by atoms with E-state index in [4.69, 9.17) is 0 Å². The van der Waals surface area contributed by atoms with Crippen molar-refractivity contribution in [3.63, 3.8) is 0 Å². The molecule has 1 aromatic rings. The Morgan fingerprint density at radius 1 is 1.11 bits per heavy atom. The van der Waals surface area contributed by atoms with Crippen LogP contribution in [-0.4, -0.2) is 17.6 Å². The number of halogens is 3. The molecule has 5 nitrogen and oxygen atoms in total. The van der Waals surface area contributed by atoms with Gasteiger partial charge in [-0.3, -0.25) is 0 Å². The molecule has 0 aliphatic rings. The number of carboxylic acid groups (broad SMARTS) is 1. The summed E-state index contributed by atoms with van der Waals surface area (Å²) in [5.41, 5.74) is -1.55. The van der Waals surface area contributed by atoms with Gasteiger partial charge in [-0.05, 0) is 24.6 Å². The standard InChI is InChI=1S/C11H9F3N2O3/c1-6(10(18)19)15-16-9(17)7-2-4-8(5-3-7)11(12,13)14/h2-5H,1H3,(H,16,17)(H,18,19)/p-2/b15-6-. The van der Waals surface area contributed by atoms with E-state index < -0.39 is 29.3 Å². The van der Waals surface area contributed by atoms with Crippen LogP contribution in [0.1, 0.15) is 18.1 Å². The van der Waals surface area contributed by atoms with E-state index in [9.17, 15) is 28.2 Å². The zero-order valence-corrected chi connectivity index (χ0v) is 9.56. The molecule has 0 saturated carbocycles. The Hall–Kier alpha value is -2.38. The van der Waals surface area contributed by atoms with Crippen LogP contribution >= 0.6 is 0 Å². The van der Waals surface area contributed by atoms with Gasteiger partial charge in [-0.1, -0.05) is 12.1 Å². The smallest absolute Gasteiger partial charge is 0.416 e. The van der Waals surface area contributed by atoms with Crippen LogP contribution < -0.4 is 10.2 Å². The van der Waals surface area contributed by atoms with E-state index in [1.54, 1.807) is 0 Å². The number of carbonyl (C=O) groups excluding carboxylic acids is 1. The summed E-state index contributed by atoms with van der Waals surface area (Å²) >= 11 is 0. The van der Waals surface area contributed by atoms with Crippen LogP contribution in [0, 0.1) is 0 Å². The lowest BCUT2D eigenvalue weighted by Crippen LogP contribution is -2.29. The summed E-state index contributed by atoms with van der Waals surface area (Å²) in [4.78, 5) is 10.3. The second kappa shape index (κ2) is 5.51. The van der Waals surface area contributed by atoms with E-state index in [1.807, 2.05) is 0 Å². The fourth-order valence-corrected chi connectivity index (χ4v) is 1.02. The molecule has 0 radical (unpaired) electrons. The summed E-state index contributed by atoms with van der Waals surface area (Å²) in [6.07, 6.45) is -4.50. The summed E-state index contributed by atoms with van der Waals surface area (Å²) in [6.45, 7) is 1.07. The van der Waals surface area contributed by atoms with Crippen molar-refractivity contribution in [2.75, 3.05) is 0 Å². The van der Waals surface area contributed by atoms with Crippen LogP contribution in [0.5, 0.6) is 0 Å². The number of hydrogen-bond donors (Lipinski definition) is 0. The lowest BCUT2D eigenvalue weighted by Gasteiger charge is -2.11. The van der Waals surface area contributed by atoms with Gasteiger partial charge in [-0.15, -0.1) is 0 Å². The third-order valence-electron chi connectivity index (χ3n) is 2.05. The fraction of sp³-hybridized carbons (Fsp3) is 0.182. The van der Waals surface area contributed by atoms with Crippen molar-refractivity contribution < 1.29 is 28.2 Å². The average molecular weight is 272 g/mol. The molecule has 19 heavy (non-hydrogen) atoms. The first-order chi connectivity index (χ1) is 8.71. The molecule has 0 atom stereocenters. The minimum Gasteiger partial charge on any atom is -0.857 e. The highest BCUT2D eigenvalue weighted by molar-refractivity contribution is 6.33. The molecule has 0 saturated heterocycles. The monoisotopic (exact) mass is 272 g/mol. The first-order valence-electron chi connectivity index (χ1n) is 4.90. The van der Waals surface area contributed by atoms with Crippen LogP contribution in [0.25, 0.3) is 0 Å². The van der Waals surface area contributed by atoms with E-state index in [0.29, 0.717) is 0 Å². The summed E-state index contributed by atoms with van der Waals surface area (Å²) in [6, 6.07) is 3.30. The molecule has 0 heterocycles. The Kier molecular flexibility index (Phi) is 4.26. The molecule has 0 aliphatic heterocycles. The van der Waals surface area contributed by atoms with E-state index in [1.165, 1.54) is 0 Å². The first-order valence-corrected chi connectivity index (χ1v) is 4.90. The quantitative estimate of drug-likeness (QED) is 0.438. The van der Waals surface area contributed by atoms with Crippen LogP contribution in [0.3, 0.4) is 0 Å². The molecule has 0 aliphatic carbocycles. The molecule has 0 unspecified atom stereocenters. The van der Waals surface area contributed by atoms with Crippen LogP contribution in [-0.2, 0) is 11.0 Å². The topological polar surface area (TPSA) is 87.9 Å². The van der Waals surface area contributed by atoms with Gasteiger partial charge in [0.2, 0.25) is 0 Å². The van der Waals surface area contributed by atoms with Gasteiger partial charge < -0.3 is 15.0 Å². The average Bonchev–Trinajstić information content (AvgIpc) is 2.34. The second-order valence-electron chi connectivity index (χ2n) is 3.45. The van der Waals surface area contributed by atoms with Gasteiger partial charge in [0.05, 0.1) is 17.2 Å². The number of carboxylic acids is 1. The number of nitrogens with zero attached hydrogens (tertiary/aromatic N) is 2. The van der Waals surface area contributed by atoms with Crippen LogP contribution in [0.2, 0.25) is 0 Å². The molecule has 8 heteroatoms. The predicted molar refractivity (Wildman–Crippen MR) is 56.1 cm³/mol. The lowest BCUT2D eigenvalue weighted by molar-refractivity contribution is -0.294.